The fourth-order valence-corrected chi connectivity index (χ4v) is 2.21. The maximum absolute atomic E-state index is 13.8. The Labute approximate surface area is 135 Å². The number of carbonyl (C=O) groups excluding carboxylic acids is 1. The third kappa shape index (κ3) is 4.79. The van der Waals surface area contributed by atoms with Crippen LogP contribution in [0.2, 0.25) is 0 Å². The summed E-state index contributed by atoms with van der Waals surface area (Å²) >= 11 is 0. The van der Waals surface area contributed by atoms with Gasteiger partial charge in [-0.3, -0.25) is 4.79 Å². The number of rotatable bonds is 6. The van der Waals surface area contributed by atoms with Gasteiger partial charge in [0.25, 0.3) is 5.91 Å². The topological polar surface area (TPSA) is 41.6 Å². The summed E-state index contributed by atoms with van der Waals surface area (Å²) in [6, 6.07) is 12.2. The second-order valence-corrected chi connectivity index (χ2v) is 5.58. The average molecular weight is 316 g/mol. The summed E-state index contributed by atoms with van der Waals surface area (Å²) in [6.07, 6.45) is 0. The number of methoxy groups -OCH3 is 1. The summed E-state index contributed by atoms with van der Waals surface area (Å²) in [6.45, 7) is 1.22. The first-order chi connectivity index (χ1) is 11.0. The average Bonchev–Trinajstić information content (AvgIpc) is 2.53. The van der Waals surface area contributed by atoms with Crippen molar-refractivity contribution in [3.8, 4) is 5.75 Å². The first-order valence-electron chi connectivity index (χ1n) is 7.34. The van der Waals surface area contributed by atoms with Gasteiger partial charge in [-0.15, -0.1) is 0 Å². The number of nitrogens with zero attached hydrogens (tertiary/aromatic N) is 1. The number of ether oxygens (including phenoxy) is 1. The van der Waals surface area contributed by atoms with Crippen molar-refractivity contribution in [2.75, 3.05) is 21.2 Å². The van der Waals surface area contributed by atoms with Crippen molar-refractivity contribution < 1.29 is 13.9 Å². The van der Waals surface area contributed by atoms with Crippen molar-refractivity contribution in [2.24, 2.45) is 0 Å². The van der Waals surface area contributed by atoms with Gasteiger partial charge < -0.3 is 15.0 Å². The lowest BCUT2D eigenvalue weighted by Crippen LogP contribution is -2.23. The minimum absolute atomic E-state index is 0.00929. The highest BCUT2D eigenvalue weighted by atomic mass is 19.1. The third-order valence-electron chi connectivity index (χ3n) is 3.40. The van der Waals surface area contributed by atoms with E-state index in [-0.39, 0.29) is 5.56 Å². The van der Waals surface area contributed by atoms with Gasteiger partial charge in [0.05, 0.1) is 12.7 Å². The van der Waals surface area contributed by atoms with Gasteiger partial charge in [-0.05, 0) is 37.4 Å². The molecule has 1 N–H and O–H groups in total. The number of benzene rings is 2. The number of carbonyl (C=O) groups is 1. The molecule has 0 aliphatic carbocycles. The predicted octanol–water partition coefficient (Wildman–Crippen LogP) is 2.83. The molecule has 2 aromatic rings. The molecule has 5 heteroatoms. The normalized spacial score (nSPS) is 10.7. The van der Waals surface area contributed by atoms with Crippen LogP contribution in [0.15, 0.2) is 42.5 Å². The Bertz CT molecular complexity index is 669. The molecule has 0 unspecified atom stereocenters. The van der Waals surface area contributed by atoms with E-state index in [2.05, 4.69) is 10.2 Å². The Morgan fingerprint density at radius 1 is 1.13 bits per heavy atom. The molecule has 0 aromatic heterocycles. The molecule has 122 valence electrons. The highest BCUT2D eigenvalue weighted by Crippen LogP contribution is 2.16. The first-order valence-corrected chi connectivity index (χ1v) is 7.34. The van der Waals surface area contributed by atoms with Crippen LogP contribution in [-0.4, -0.2) is 32.0 Å². The molecule has 0 radical (unpaired) electrons. The number of hydrogen-bond donors (Lipinski definition) is 1. The number of amides is 1. The Hall–Kier alpha value is -2.40. The van der Waals surface area contributed by atoms with E-state index in [1.807, 2.05) is 38.4 Å². The summed E-state index contributed by atoms with van der Waals surface area (Å²) in [7, 11) is 5.48. The Morgan fingerprint density at radius 3 is 2.35 bits per heavy atom. The summed E-state index contributed by atoms with van der Waals surface area (Å²) in [5.41, 5.74) is 2.18. The highest BCUT2D eigenvalue weighted by molar-refractivity contribution is 5.94. The molecule has 0 fully saturated rings. The fourth-order valence-electron chi connectivity index (χ4n) is 2.21. The molecular formula is C18H21FN2O2. The minimum Gasteiger partial charge on any atom is -0.497 e. The standard InChI is InChI=1S/C18H21FN2O2/c1-21(2)12-14-6-4-13(5-7-14)11-20-18(22)16-9-8-15(23-3)10-17(16)19/h4-10H,11-12H2,1-3H3,(H,20,22). The lowest BCUT2D eigenvalue weighted by Gasteiger charge is -2.11. The fraction of sp³-hybridized carbons (Fsp3) is 0.278. The van der Waals surface area contributed by atoms with Gasteiger partial charge in [-0.1, -0.05) is 24.3 Å². The largest absolute Gasteiger partial charge is 0.497 e. The van der Waals surface area contributed by atoms with Crippen LogP contribution in [0.1, 0.15) is 21.5 Å². The molecule has 23 heavy (non-hydrogen) atoms. The Balaban J connectivity index is 1.96. The SMILES string of the molecule is COc1ccc(C(=O)NCc2ccc(CN(C)C)cc2)c(F)c1. The molecule has 0 bridgehead atoms. The third-order valence-corrected chi connectivity index (χ3v) is 3.40. The van der Waals surface area contributed by atoms with Crippen LogP contribution in [0.5, 0.6) is 5.75 Å². The molecule has 0 aliphatic rings. The zero-order valence-electron chi connectivity index (χ0n) is 13.6. The smallest absolute Gasteiger partial charge is 0.254 e. The van der Waals surface area contributed by atoms with Crippen LogP contribution in [0.25, 0.3) is 0 Å². The van der Waals surface area contributed by atoms with Gasteiger partial charge >= 0.3 is 0 Å². The van der Waals surface area contributed by atoms with Gasteiger partial charge in [0.2, 0.25) is 0 Å². The molecule has 0 heterocycles. The molecule has 0 spiro atoms. The monoisotopic (exact) mass is 316 g/mol. The van der Waals surface area contributed by atoms with Gasteiger partial charge in [0.15, 0.2) is 0 Å². The zero-order chi connectivity index (χ0) is 16.8. The minimum atomic E-state index is -0.594. The molecular weight excluding hydrogens is 295 g/mol. The zero-order valence-corrected chi connectivity index (χ0v) is 13.6. The van der Waals surface area contributed by atoms with Crippen LogP contribution in [0.4, 0.5) is 4.39 Å². The summed E-state index contributed by atoms with van der Waals surface area (Å²) in [4.78, 5) is 14.1. The van der Waals surface area contributed by atoms with Crippen LogP contribution in [0, 0.1) is 5.82 Å². The number of nitrogens with one attached hydrogen (secondary N) is 1. The number of halogens is 1. The van der Waals surface area contributed by atoms with E-state index in [9.17, 15) is 9.18 Å². The Kier molecular flexibility index (Phi) is 5.71. The van der Waals surface area contributed by atoms with E-state index in [0.29, 0.717) is 12.3 Å². The van der Waals surface area contributed by atoms with E-state index in [1.165, 1.54) is 24.8 Å². The lowest BCUT2D eigenvalue weighted by atomic mass is 10.1. The molecule has 0 saturated carbocycles. The van der Waals surface area contributed by atoms with Gasteiger partial charge in [-0.2, -0.15) is 0 Å². The second-order valence-electron chi connectivity index (χ2n) is 5.58. The molecule has 0 aliphatic heterocycles. The van der Waals surface area contributed by atoms with E-state index in [4.69, 9.17) is 4.74 Å². The molecule has 0 saturated heterocycles. The maximum atomic E-state index is 13.8. The van der Waals surface area contributed by atoms with Crippen molar-refractivity contribution in [1.82, 2.24) is 10.2 Å². The summed E-state index contributed by atoms with van der Waals surface area (Å²) < 4.78 is 18.8. The summed E-state index contributed by atoms with van der Waals surface area (Å²) in [5, 5.41) is 2.72. The predicted molar refractivity (Wildman–Crippen MR) is 88.0 cm³/mol. The molecule has 2 rings (SSSR count). The highest BCUT2D eigenvalue weighted by Gasteiger charge is 2.12. The van der Waals surface area contributed by atoms with Crippen molar-refractivity contribution >= 4 is 5.91 Å². The molecule has 0 atom stereocenters. The quantitative estimate of drug-likeness (QED) is 0.891. The number of hydrogen-bond acceptors (Lipinski definition) is 3. The van der Waals surface area contributed by atoms with Crippen LogP contribution < -0.4 is 10.1 Å². The van der Waals surface area contributed by atoms with E-state index in [0.717, 1.165) is 12.1 Å². The van der Waals surface area contributed by atoms with Gasteiger partial charge in [-0.25, -0.2) is 4.39 Å². The van der Waals surface area contributed by atoms with Crippen molar-refractivity contribution in [2.45, 2.75) is 13.1 Å². The van der Waals surface area contributed by atoms with Crippen LogP contribution >= 0.6 is 0 Å². The molecule has 4 nitrogen and oxygen atoms in total. The molecule has 2 aromatic carbocycles. The van der Waals surface area contributed by atoms with Crippen molar-refractivity contribution in [1.29, 1.82) is 0 Å². The van der Waals surface area contributed by atoms with Gasteiger partial charge in [0, 0.05) is 19.2 Å². The van der Waals surface area contributed by atoms with Crippen LogP contribution in [0.3, 0.4) is 0 Å². The summed E-state index contributed by atoms with van der Waals surface area (Å²) in [5.74, 6) is -0.652. The molecule has 1 amide bonds. The van der Waals surface area contributed by atoms with E-state index in [1.54, 1.807) is 6.07 Å². The van der Waals surface area contributed by atoms with Crippen LogP contribution in [-0.2, 0) is 13.1 Å². The van der Waals surface area contributed by atoms with E-state index >= 15 is 0 Å². The Morgan fingerprint density at radius 2 is 1.78 bits per heavy atom. The second kappa shape index (κ2) is 7.74. The van der Waals surface area contributed by atoms with E-state index < -0.39 is 11.7 Å². The maximum Gasteiger partial charge on any atom is 0.254 e. The first kappa shape index (κ1) is 17.0. The lowest BCUT2D eigenvalue weighted by molar-refractivity contribution is 0.0947. The van der Waals surface area contributed by atoms with Crippen molar-refractivity contribution in [3.63, 3.8) is 0 Å². The van der Waals surface area contributed by atoms with Gasteiger partial charge in [0.1, 0.15) is 11.6 Å². The van der Waals surface area contributed by atoms with Crippen molar-refractivity contribution in [3.05, 3.63) is 65.0 Å².